The molecule has 2 aromatic rings. The van der Waals surface area contributed by atoms with Crippen LogP contribution in [0, 0.1) is 11.6 Å². The molecule has 0 unspecified atom stereocenters. The van der Waals surface area contributed by atoms with Gasteiger partial charge in [-0.25, -0.2) is 8.78 Å². The molecule has 0 saturated carbocycles. The minimum absolute atomic E-state index is 0.177. The van der Waals surface area contributed by atoms with E-state index in [-0.39, 0.29) is 22.3 Å². The van der Waals surface area contributed by atoms with Gasteiger partial charge >= 0.3 is 0 Å². The lowest BCUT2D eigenvalue weighted by atomic mass is 10.1. The highest BCUT2D eigenvalue weighted by Crippen LogP contribution is 2.27. The van der Waals surface area contributed by atoms with Gasteiger partial charge in [0, 0.05) is 22.6 Å². The Hall–Kier alpha value is -1.88. The monoisotopic (exact) mass is 335 g/mol. The smallest absolute Gasteiger partial charge is 0.251 e. The van der Waals surface area contributed by atoms with E-state index in [1.165, 1.54) is 36.4 Å². The van der Waals surface area contributed by atoms with Crippen molar-refractivity contribution in [2.24, 2.45) is 0 Å². The van der Waals surface area contributed by atoms with Gasteiger partial charge in [-0.15, -0.1) is 11.8 Å². The van der Waals surface area contributed by atoms with Gasteiger partial charge in [0.1, 0.15) is 11.6 Å². The summed E-state index contributed by atoms with van der Waals surface area (Å²) in [6, 6.07) is 11.9. The van der Waals surface area contributed by atoms with Crippen LogP contribution in [0.25, 0.3) is 0 Å². The summed E-state index contributed by atoms with van der Waals surface area (Å²) in [7, 11) is 0. The van der Waals surface area contributed by atoms with E-state index in [0.717, 1.165) is 11.3 Å². The summed E-state index contributed by atoms with van der Waals surface area (Å²) in [6.45, 7) is 4.55. The van der Waals surface area contributed by atoms with Crippen molar-refractivity contribution in [2.45, 2.75) is 24.3 Å². The van der Waals surface area contributed by atoms with Gasteiger partial charge in [0.25, 0.3) is 5.91 Å². The Balaban J connectivity index is 1.84. The number of hydrogen-bond donors (Lipinski definition) is 1. The fraction of sp³-hybridized carbons (Fsp3) is 0.278. The number of amides is 1. The van der Waals surface area contributed by atoms with Crippen molar-refractivity contribution in [3.63, 3.8) is 0 Å². The van der Waals surface area contributed by atoms with Crippen molar-refractivity contribution < 1.29 is 13.6 Å². The van der Waals surface area contributed by atoms with Crippen LogP contribution in [0.15, 0.2) is 48.5 Å². The van der Waals surface area contributed by atoms with Crippen LogP contribution in [0.1, 0.15) is 29.8 Å². The Bertz CT molecular complexity index is 654. The maximum Gasteiger partial charge on any atom is 0.251 e. The summed E-state index contributed by atoms with van der Waals surface area (Å²) >= 11 is 1.68. The zero-order valence-electron chi connectivity index (χ0n) is 13.1. The first-order chi connectivity index (χ1) is 10.9. The third-order valence-electron chi connectivity index (χ3n) is 3.32. The second kappa shape index (κ2) is 7.59. The van der Waals surface area contributed by atoms with Crippen LogP contribution in [-0.2, 0) is 5.75 Å². The van der Waals surface area contributed by atoms with Gasteiger partial charge in [-0.2, -0.15) is 0 Å². The molecule has 0 radical (unpaired) electrons. The first-order valence-corrected chi connectivity index (χ1v) is 8.26. The average molecular weight is 335 g/mol. The Morgan fingerprint density at radius 2 is 1.52 bits per heavy atom. The van der Waals surface area contributed by atoms with Crippen molar-refractivity contribution >= 4 is 17.7 Å². The lowest BCUT2D eigenvalue weighted by Gasteiger charge is -2.24. The van der Waals surface area contributed by atoms with Crippen LogP contribution in [-0.4, -0.2) is 17.2 Å². The average Bonchev–Trinajstić information content (AvgIpc) is 2.53. The van der Waals surface area contributed by atoms with Crippen LogP contribution in [0.3, 0.4) is 0 Å². The summed E-state index contributed by atoms with van der Waals surface area (Å²) in [6.07, 6.45) is 0. The molecule has 122 valence electrons. The molecule has 0 spiro atoms. The maximum absolute atomic E-state index is 12.9. The van der Waals surface area contributed by atoms with Crippen molar-refractivity contribution in [1.82, 2.24) is 5.32 Å². The van der Waals surface area contributed by atoms with E-state index in [1.807, 2.05) is 13.8 Å². The highest BCUT2D eigenvalue weighted by atomic mass is 32.2. The second-order valence-corrected chi connectivity index (χ2v) is 7.55. The fourth-order valence-corrected chi connectivity index (χ4v) is 2.83. The van der Waals surface area contributed by atoms with Gasteiger partial charge in [-0.05, 0) is 55.8 Å². The molecule has 0 fully saturated rings. The predicted molar refractivity (Wildman–Crippen MR) is 90.5 cm³/mol. The van der Waals surface area contributed by atoms with Crippen molar-refractivity contribution in [1.29, 1.82) is 0 Å². The lowest BCUT2D eigenvalue weighted by Crippen LogP contribution is -2.36. The minimum Gasteiger partial charge on any atom is -0.351 e. The number of hydrogen-bond acceptors (Lipinski definition) is 2. The summed E-state index contributed by atoms with van der Waals surface area (Å²) in [4.78, 5) is 12.0. The van der Waals surface area contributed by atoms with Gasteiger partial charge < -0.3 is 5.32 Å². The van der Waals surface area contributed by atoms with Gasteiger partial charge in [0.15, 0.2) is 0 Å². The Labute approximate surface area is 139 Å². The minimum atomic E-state index is -0.364. The SMILES string of the molecule is CC(C)(CNC(=O)c1ccc(F)cc1)SCc1ccc(F)cc1. The van der Waals surface area contributed by atoms with E-state index in [1.54, 1.807) is 23.9 Å². The van der Waals surface area contributed by atoms with E-state index in [2.05, 4.69) is 5.32 Å². The number of carbonyl (C=O) groups is 1. The third kappa shape index (κ3) is 5.67. The lowest BCUT2D eigenvalue weighted by molar-refractivity contribution is 0.0950. The number of benzene rings is 2. The van der Waals surface area contributed by atoms with E-state index in [9.17, 15) is 13.6 Å². The topological polar surface area (TPSA) is 29.1 Å². The zero-order valence-corrected chi connectivity index (χ0v) is 13.9. The van der Waals surface area contributed by atoms with Crippen molar-refractivity contribution in [3.05, 3.63) is 71.3 Å². The van der Waals surface area contributed by atoms with E-state index in [4.69, 9.17) is 0 Å². The van der Waals surface area contributed by atoms with Gasteiger partial charge in [-0.1, -0.05) is 12.1 Å². The van der Waals surface area contributed by atoms with E-state index in [0.29, 0.717) is 12.1 Å². The molecule has 0 atom stereocenters. The molecule has 5 heteroatoms. The fourth-order valence-electron chi connectivity index (χ4n) is 1.91. The number of rotatable bonds is 6. The normalized spacial score (nSPS) is 11.3. The van der Waals surface area contributed by atoms with Crippen LogP contribution < -0.4 is 5.32 Å². The van der Waals surface area contributed by atoms with Crippen molar-refractivity contribution in [2.75, 3.05) is 6.54 Å². The molecule has 0 aliphatic rings. The van der Waals surface area contributed by atoms with E-state index >= 15 is 0 Å². The molecule has 2 rings (SSSR count). The van der Waals surface area contributed by atoms with Gasteiger partial charge in [-0.3, -0.25) is 4.79 Å². The molecule has 1 N–H and O–H groups in total. The van der Waals surface area contributed by atoms with Gasteiger partial charge in [0.05, 0.1) is 0 Å². The van der Waals surface area contributed by atoms with Crippen LogP contribution in [0.5, 0.6) is 0 Å². The number of carbonyl (C=O) groups excluding carboxylic acids is 1. The first kappa shape index (κ1) is 17.5. The largest absolute Gasteiger partial charge is 0.351 e. The molecule has 0 saturated heterocycles. The molecular weight excluding hydrogens is 316 g/mol. The molecule has 2 aromatic carbocycles. The zero-order chi connectivity index (χ0) is 16.9. The molecule has 0 bridgehead atoms. The van der Waals surface area contributed by atoms with E-state index < -0.39 is 0 Å². The van der Waals surface area contributed by atoms with Crippen LogP contribution in [0.4, 0.5) is 8.78 Å². The Morgan fingerprint density at radius 1 is 1.00 bits per heavy atom. The number of thioether (sulfide) groups is 1. The second-order valence-electron chi connectivity index (χ2n) is 5.86. The highest BCUT2D eigenvalue weighted by molar-refractivity contribution is 7.99. The third-order valence-corrected chi connectivity index (χ3v) is 4.73. The number of nitrogens with one attached hydrogen (secondary N) is 1. The molecule has 23 heavy (non-hydrogen) atoms. The Kier molecular flexibility index (Phi) is 5.77. The summed E-state index contributed by atoms with van der Waals surface area (Å²) in [5.74, 6) is -0.0959. The van der Waals surface area contributed by atoms with Gasteiger partial charge in [0.2, 0.25) is 0 Å². The van der Waals surface area contributed by atoms with Crippen LogP contribution >= 0.6 is 11.8 Å². The summed E-state index contributed by atoms with van der Waals surface area (Å²) in [5, 5.41) is 2.86. The number of halogens is 2. The standard InChI is InChI=1S/C18H19F2NOS/c1-18(2,23-11-13-3-7-15(19)8-4-13)12-21-17(22)14-5-9-16(20)10-6-14/h3-10H,11-12H2,1-2H3,(H,21,22). The van der Waals surface area contributed by atoms with Crippen molar-refractivity contribution in [3.8, 4) is 0 Å². The summed E-state index contributed by atoms with van der Waals surface area (Å²) in [5.41, 5.74) is 1.47. The Morgan fingerprint density at radius 3 is 2.09 bits per heavy atom. The highest BCUT2D eigenvalue weighted by Gasteiger charge is 2.20. The summed E-state index contributed by atoms with van der Waals surface area (Å²) < 4.78 is 25.6. The predicted octanol–water partition coefficient (Wildman–Crippen LogP) is 4.41. The molecule has 1 amide bonds. The molecular formula is C18H19F2NOS. The first-order valence-electron chi connectivity index (χ1n) is 7.28. The van der Waals surface area contributed by atoms with Crippen LogP contribution in [0.2, 0.25) is 0 Å². The molecule has 2 nitrogen and oxygen atoms in total. The molecule has 0 aliphatic carbocycles. The molecule has 0 aliphatic heterocycles. The molecule has 0 heterocycles. The maximum atomic E-state index is 12.9. The quantitative estimate of drug-likeness (QED) is 0.847. The molecule has 0 aromatic heterocycles.